The number of hydrogen-bond donors (Lipinski definition) is 1. The predicted molar refractivity (Wildman–Crippen MR) is 129 cm³/mol. The van der Waals surface area contributed by atoms with Crippen LogP contribution >= 0.6 is 11.3 Å². The lowest BCUT2D eigenvalue weighted by Crippen LogP contribution is -2.29. The van der Waals surface area contributed by atoms with E-state index in [9.17, 15) is 23.9 Å². The molecule has 4 aromatic rings. The van der Waals surface area contributed by atoms with Crippen LogP contribution in [0.1, 0.15) is 27.5 Å². The van der Waals surface area contributed by atoms with E-state index < -0.39 is 29.5 Å². The molecule has 1 aliphatic heterocycles. The fourth-order valence-corrected chi connectivity index (χ4v) is 5.02. The number of nitrogens with zero attached hydrogens (tertiary/aromatic N) is 2. The molecule has 7 nitrogen and oxygen atoms in total. The van der Waals surface area contributed by atoms with E-state index in [0.29, 0.717) is 21.3 Å². The molecule has 1 aliphatic rings. The van der Waals surface area contributed by atoms with Gasteiger partial charge < -0.3 is 9.84 Å². The van der Waals surface area contributed by atoms with Gasteiger partial charge in [0, 0.05) is 5.56 Å². The summed E-state index contributed by atoms with van der Waals surface area (Å²) in [4.78, 5) is 44.0. The van der Waals surface area contributed by atoms with Crippen LogP contribution in [-0.2, 0) is 14.3 Å². The van der Waals surface area contributed by atoms with Crippen molar-refractivity contribution >= 4 is 50.1 Å². The van der Waals surface area contributed by atoms with Crippen molar-refractivity contribution in [3.8, 4) is 0 Å². The van der Waals surface area contributed by atoms with E-state index in [1.807, 2.05) is 0 Å². The van der Waals surface area contributed by atoms with Crippen LogP contribution in [-0.4, -0.2) is 34.9 Å². The van der Waals surface area contributed by atoms with Crippen molar-refractivity contribution < 1.29 is 28.6 Å². The van der Waals surface area contributed by atoms with Crippen LogP contribution in [0.5, 0.6) is 0 Å². The zero-order valence-corrected chi connectivity index (χ0v) is 19.1. The van der Waals surface area contributed by atoms with E-state index in [0.717, 1.165) is 11.3 Å². The van der Waals surface area contributed by atoms with E-state index in [2.05, 4.69) is 4.98 Å². The highest BCUT2D eigenvalue weighted by molar-refractivity contribution is 7.22. The summed E-state index contributed by atoms with van der Waals surface area (Å²) in [7, 11) is 1.26. The number of benzene rings is 3. The molecule has 1 N–H and O–H groups in total. The van der Waals surface area contributed by atoms with Crippen molar-refractivity contribution in [2.45, 2.75) is 6.04 Å². The number of thiazole rings is 1. The maximum atomic E-state index is 13.8. The van der Waals surface area contributed by atoms with Gasteiger partial charge in [0.2, 0.25) is 0 Å². The lowest BCUT2D eigenvalue weighted by molar-refractivity contribution is -0.132. The third-order valence-electron chi connectivity index (χ3n) is 5.68. The first kappa shape index (κ1) is 22.4. The minimum Gasteiger partial charge on any atom is -0.507 e. The largest absolute Gasteiger partial charge is 0.507 e. The minimum absolute atomic E-state index is 0.113. The van der Waals surface area contributed by atoms with Gasteiger partial charge in [0.15, 0.2) is 5.13 Å². The number of Topliss-reactive ketones (excluding diaryl/α,β-unsaturated/α-hetero) is 1. The summed E-state index contributed by atoms with van der Waals surface area (Å²) in [5, 5.41) is 11.3. The molecule has 174 valence electrons. The van der Waals surface area contributed by atoms with Crippen LogP contribution in [0.4, 0.5) is 9.52 Å². The van der Waals surface area contributed by atoms with Crippen molar-refractivity contribution in [1.29, 1.82) is 0 Å². The number of methoxy groups -OCH3 is 1. The Labute approximate surface area is 202 Å². The molecule has 0 saturated carbocycles. The lowest BCUT2D eigenvalue weighted by atomic mass is 9.95. The van der Waals surface area contributed by atoms with Crippen LogP contribution in [0.3, 0.4) is 0 Å². The van der Waals surface area contributed by atoms with Crippen LogP contribution in [0.15, 0.2) is 78.4 Å². The number of carbonyl (C=O) groups excluding carboxylic acids is 3. The van der Waals surface area contributed by atoms with Gasteiger partial charge >= 0.3 is 11.9 Å². The normalized spacial score (nSPS) is 17.2. The summed E-state index contributed by atoms with van der Waals surface area (Å²) in [6.07, 6.45) is 0. The highest BCUT2D eigenvalue weighted by atomic mass is 32.1. The molecular weight excluding hydrogens is 471 g/mol. The number of rotatable bonds is 4. The number of fused-ring (bicyclic) bond motifs is 1. The number of amides is 1. The number of ketones is 1. The first-order valence-corrected chi connectivity index (χ1v) is 11.3. The Bertz CT molecular complexity index is 1510. The Morgan fingerprint density at radius 3 is 2.43 bits per heavy atom. The molecule has 2 heterocycles. The molecule has 0 unspecified atom stereocenters. The first-order valence-electron chi connectivity index (χ1n) is 10.5. The Hall–Kier alpha value is -4.37. The second-order valence-electron chi connectivity index (χ2n) is 7.76. The SMILES string of the molecule is COC(=O)c1ccc([C@H]2/C(=C(\O)c3ccccc3)C(=O)C(=O)N2c2nc3ccc(F)cc3s2)cc1. The van der Waals surface area contributed by atoms with Crippen molar-refractivity contribution in [3.63, 3.8) is 0 Å². The van der Waals surface area contributed by atoms with Crippen LogP contribution < -0.4 is 4.90 Å². The van der Waals surface area contributed by atoms with Crippen LogP contribution in [0.25, 0.3) is 16.0 Å². The van der Waals surface area contributed by atoms with Crippen molar-refractivity contribution in [1.82, 2.24) is 4.98 Å². The fraction of sp³-hybridized carbons (Fsp3) is 0.0769. The van der Waals surface area contributed by atoms with Gasteiger partial charge in [-0.25, -0.2) is 14.2 Å². The van der Waals surface area contributed by atoms with Gasteiger partial charge in [-0.15, -0.1) is 0 Å². The maximum Gasteiger partial charge on any atom is 0.337 e. The van der Waals surface area contributed by atoms with Crippen molar-refractivity contribution in [2.75, 3.05) is 12.0 Å². The predicted octanol–water partition coefficient (Wildman–Crippen LogP) is 4.85. The number of aliphatic hydroxyl groups excluding tert-OH is 1. The molecule has 1 fully saturated rings. The van der Waals surface area contributed by atoms with E-state index in [1.54, 1.807) is 42.5 Å². The molecule has 0 spiro atoms. The second kappa shape index (κ2) is 8.77. The molecule has 1 aromatic heterocycles. The number of aromatic nitrogens is 1. The number of carbonyl (C=O) groups is 3. The molecule has 9 heteroatoms. The molecule has 5 rings (SSSR count). The van der Waals surface area contributed by atoms with E-state index in [4.69, 9.17) is 4.74 Å². The van der Waals surface area contributed by atoms with Gasteiger partial charge in [0.25, 0.3) is 5.78 Å². The number of ether oxygens (including phenoxy) is 1. The van der Waals surface area contributed by atoms with E-state index in [-0.39, 0.29) is 22.0 Å². The van der Waals surface area contributed by atoms with Crippen molar-refractivity contribution in [2.24, 2.45) is 0 Å². The summed E-state index contributed by atoms with van der Waals surface area (Å²) < 4.78 is 19.0. The molecule has 1 amide bonds. The van der Waals surface area contributed by atoms with Crippen molar-refractivity contribution in [3.05, 3.63) is 101 Å². The average molecular weight is 488 g/mol. The summed E-state index contributed by atoms with van der Waals surface area (Å²) in [5.74, 6) is -3.07. The Morgan fingerprint density at radius 2 is 1.74 bits per heavy atom. The summed E-state index contributed by atoms with van der Waals surface area (Å²) in [6.45, 7) is 0. The summed E-state index contributed by atoms with van der Waals surface area (Å²) in [5.41, 5.74) is 1.48. The number of aliphatic hydroxyl groups is 1. The van der Waals surface area contributed by atoms with Gasteiger partial charge in [0.05, 0.1) is 34.5 Å². The number of anilines is 1. The Kier molecular flexibility index (Phi) is 5.62. The van der Waals surface area contributed by atoms with Crippen LogP contribution in [0.2, 0.25) is 0 Å². The lowest BCUT2D eigenvalue weighted by Gasteiger charge is -2.23. The highest BCUT2D eigenvalue weighted by Crippen LogP contribution is 2.44. The van der Waals surface area contributed by atoms with E-state index in [1.165, 1.54) is 42.3 Å². The topological polar surface area (TPSA) is 96.8 Å². The quantitative estimate of drug-likeness (QED) is 0.191. The monoisotopic (exact) mass is 488 g/mol. The Morgan fingerprint density at radius 1 is 1.03 bits per heavy atom. The second-order valence-corrected chi connectivity index (χ2v) is 8.77. The molecule has 1 atom stereocenters. The number of esters is 1. The third kappa shape index (κ3) is 3.85. The minimum atomic E-state index is -1.02. The van der Waals surface area contributed by atoms with Gasteiger partial charge in [0.1, 0.15) is 11.6 Å². The van der Waals surface area contributed by atoms with Gasteiger partial charge in [-0.2, -0.15) is 0 Å². The average Bonchev–Trinajstić information content (AvgIpc) is 3.41. The smallest absolute Gasteiger partial charge is 0.337 e. The number of hydrogen-bond acceptors (Lipinski definition) is 7. The number of halogens is 1. The third-order valence-corrected chi connectivity index (χ3v) is 6.70. The summed E-state index contributed by atoms with van der Waals surface area (Å²) in [6, 6.07) is 17.6. The molecule has 3 aromatic carbocycles. The molecule has 0 radical (unpaired) electrons. The zero-order chi connectivity index (χ0) is 24.7. The molecule has 1 saturated heterocycles. The van der Waals surface area contributed by atoms with Gasteiger partial charge in [-0.05, 0) is 35.9 Å². The van der Waals surface area contributed by atoms with Gasteiger partial charge in [-0.3, -0.25) is 14.5 Å². The highest BCUT2D eigenvalue weighted by Gasteiger charge is 2.48. The standard InChI is InChI=1S/C26H17FN2O5S/c1-34-25(33)16-9-7-14(8-10-16)21-20(22(30)15-5-3-2-4-6-15)23(31)24(32)29(21)26-28-18-12-11-17(27)13-19(18)35-26/h2-13,21,30H,1H3/b22-20+/t21-/m0/s1. The molecular formula is C26H17FN2O5S. The first-order chi connectivity index (χ1) is 16.9. The molecule has 0 bridgehead atoms. The van der Waals surface area contributed by atoms with Crippen LogP contribution in [0, 0.1) is 5.82 Å². The zero-order valence-electron chi connectivity index (χ0n) is 18.3. The van der Waals surface area contributed by atoms with E-state index >= 15 is 0 Å². The Balaban J connectivity index is 1.71. The maximum absolute atomic E-state index is 13.8. The molecule has 0 aliphatic carbocycles. The molecule has 35 heavy (non-hydrogen) atoms. The fourth-order valence-electron chi connectivity index (χ4n) is 4.01. The summed E-state index contributed by atoms with van der Waals surface area (Å²) >= 11 is 1.06. The van der Waals surface area contributed by atoms with Gasteiger partial charge in [-0.1, -0.05) is 53.8 Å².